The number of aromatic nitrogens is 2. The van der Waals surface area contributed by atoms with Crippen LogP contribution in [-0.2, 0) is 11.3 Å². The van der Waals surface area contributed by atoms with E-state index in [0.717, 1.165) is 16.9 Å². The van der Waals surface area contributed by atoms with E-state index in [1.807, 2.05) is 31.2 Å². The van der Waals surface area contributed by atoms with Crippen molar-refractivity contribution in [1.82, 2.24) is 14.5 Å². The molecule has 8 nitrogen and oxygen atoms in total. The lowest BCUT2D eigenvalue weighted by Crippen LogP contribution is -2.51. The highest BCUT2D eigenvalue weighted by atomic mass is 16.5. The molecule has 0 bridgehead atoms. The lowest BCUT2D eigenvalue weighted by Gasteiger charge is -2.36. The molecule has 1 aliphatic rings. The van der Waals surface area contributed by atoms with Crippen molar-refractivity contribution in [3.05, 3.63) is 48.3 Å². The predicted octanol–water partition coefficient (Wildman–Crippen LogP) is 2.79. The van der Waals surface area contributed by atoms with Crippen molar-refractivity contribution >= 4 is 16.9 Å². The van der Waals surface area contributed by atoms with Gasteiger partial charge in [0.05, 0.1) is 31.8 Å². The van der Waals surface area contributed by atoms with Gasteiger partial charge in [0.15, 0.2) is 11.5 Å². The molecule has 2 heterocycles. The third kappa shape index (κ3) is 4.50. The average Bonchev–Trinajstić information content (AvgIpc) is 3.13. The van der Waals surface area contributed by atoms with Gasteiger partial charge in [0, 0.05) is 32.0 Å². The van der Waals surface area contributed by atoms with E-state index in [9.17, 15) is 9.90 Å². The summed E-state index contributed by atoms with van der Waals surface area (Å²) in [6.45, 7) is 3.30. The maximum Gasteiger partial charge on any atom is 0.224 e. The van der Waals surface area contributed by atoms with Crippen molar-refractivity contribution < 1.29 is 24.1 Å². The van der Waals surface area contributed by atoms with Gasteiger partial charge in [-0.05, 0) is 31.2 Å². The standard InChI is InChI=1S/C24H29N3O5/c1-16-25-18-6-4-5-7-19(18)27(16)13-11-24(29)26-12-10-21(20(28)15-26)32-17-8-9-22(30-2)23(14-17)31-3/h4-9,14,20-21,28H,10-13,15H2,1-3H3/t20-,21-/m1/s1. The molecule has 0 saturated carbocycles. The Bertz CT molecular complexity index is 1100. The topological polar surface area (TPSA) is 86.1 Å². The second kappa shape index (κ2) is 9.48. The molecular formula is C24H29N3O5. The second-order valence-electron chi connectivity index (χ2n) is 7.92. The maximum absolute atomic E-state index is 12.8. The van der Waals surface area contributed by atoms with Crippen molar-refractivity contribution in [3.63, 3.8) is 0 Å². The van der Waals surface area contributed by atoms with Crippen LogP contribution in [0.15, 0.2) is 42.5 Å². The summed E-state index contributed by atoms with van der Waals surface area (Å²) in [5.74, 6) is 2.68. The molecule has 0 spiro atoms. The number of hydrogen-bond acceptors (Lipinski definition) is 6. The Morgan fingerprint density at radius 2 is 1.94 bits per heavy atom. The number of aliphatic hydroxyl groups excluding tert-OH is 1. The number of amides is 1. The zero-order valence-corrected chi connectivity index (χ0v) is 18.7. The molecule has 170 valence electrons. The van der Waals surface area contributed by atoms with Crippen LogP contribution in [0.1, 0.15) is 18.7 Å². The molecule has 0 aliphatic carbocycles. The highest BCUT2D eigenvalue weighted by Crippen LogP contribution is 2.32. The first kappa shape index (κ1) is 22.0. The lowest BCUT2D eigenvalue weighted by molar-refractivity contribution is -0.137. The molecule has 1 aliphatic heterocycles. The minimum absolute atomic E-state index is 0.0193. The number of para-hydroxylation sites is 2. The van der Waals surface area contributed by atoms with Crippen LogP contribution in [0.4, 0.5) is 0 Å². The number of benzene rings is 2. The number of aryl methyl sites for hydroxylation is 2. The van der Waals surface area contributed by atoms with E-state index in [1.54, 1.807) is 37.3 Å². The molecule has 3 aromatic rings. The molecule has 2 aromatic carbocycles. The Labute approximate surface area is 187 Å². The van der Waals surface area contributed by atoms with Gasteiger partial charge in [-0.3, -0.25) is 4.79 Å². The summed E-state index contributed by atoms with van der Waals surface area (Å²) in [4.78, 5) is 19.1. The van der Waals surface area contributed by atoms with Crippen LogP contribution >= 0.6 is 0 Å². The molecule has 0 radical (unpaired) electrons. The van der Waals surface area contributed by atoms with E-state index in [2.05, 4.69) is 9.55 Å². The van der Waals surface area contributed by atoms with Gasteiger partial charge in [-0.25, -0.2) is 4.98 Å². The molecule has 1 aromatic heterocycles. The number of hydrogen-bond donors (Lipinski definition) is 1. The molecule has 2 atom stereocenters. The van der Waals surface area contributed by atoms with E-state index >= 15 is 0 Å². The first-order valence-electron chi connectivity index (χ1n) is 10.8. The molecule has 1 amide bonds. The SMILES string of the molecule is COc1ccc(O[C@@H]2CCN(C(=O)CCn3c(C)nc4ccccc43)C[C@H]2O)cc1OC. The zero-order chi connectivity index (χ0) is 22.7. The zero-order valence-electron chi connectivity index (χ0n) is 18.7. The minimum Gasteiger partial charge on any atom is -0.493 e. The normalized spacial score (nSPS) is 18.6. The van der Waals surface area contributed by atoms with Gasteiger partial charge in [-0.2, -0.15) is 0 Å². The van der Waals surface area contributed by atoms with Crippen LogP contribution in [0.2, 0.25) is 0 Å². The maximum atomic E-state index is 12.8. The third-order valence-corrected chi connectivity index (χ3v) is 5.91. The van der Waals surface area contributed by atoms with Crippen molar-refractivity contribution in [3.8, 4) is 17.2 Å². The number of fused-ring (bicyclic) bond motifs is 1. The summed E-state index contributed by atoms with van der Waals surface area (Å²) < 4.78 is 18.6. The quantitative estimate of drug-likeness (QED) is 0.609. The molecule has 32 heavy (non-hydrogen) atoms. The van der Waals surface area contributed by atoms with Crippen LogP contribution in [-0.4, -0.2) is 65.0 Å². The highest BCUT2D eigenvalue weighted by molar-refractivity contribution is 5.78. The molecule has 4 rings (SSSR count). The van der Waals surface area contributed by atoms with Gasteiger partial charge in [0.2, 0.25) is 5.91 Å². The van der Waals surface area contributed by atoms with Crippen molar-refractivity contribution in [2.45, 2.75) is 38.5 Å². The smallest absolute Gasteiger partial charge is 0.224 e. The average molecular weight is 440 g/mol. The van der Waals surface area contributed by atoms with E-state index in [1.165, 1.54) is 0 Å². The van der Waals surface area contributed by atoms with Crippen molar-refractivity contribution in [2.75, 3.05) is 27.3 Å². The Kier molecular flexibility index (Phi) is 6.50. The molecule has 8 heteroatoms. The first-order chi connectivity index (χ1) is 15.5. The largest absolute Gasteiger partial charge is 0.493 e. The number of nitrogens with zero attached hydrogens (tertiary/aromatic N) is 3. The molecule has 1 fully saturated rings. The van der Waals surface area contributed by atoms with Crippen LogP contribution in [0, 0.1) is 6.92 Å². The number of piperidine rings is 1. The van der Waals surface area contributed by atoms with Crippen molar-refractivity contribution in [1.29, 1.82) is 0 Å². The van der Waals surface area contributed by atoms with Gasteiger partial charge in [-0.15, -0.1) is 0 Å². The van der Waals surface area contributed by atoms with Gasteiger partial charge in [0.25, 0.3) is 0 Å². The Morgan fingerprint density at radius 1 is 1.16 bits per heavy atom. The van der Waals surface area contributed by atoms with Crippen LogP contribution in [0.25, 0.3) is 11.0 Å². The summed E-state index contributed by atoms with van der Waals surface area (Å²) in [5.41, 5.74) is 1.96. The second-order valence-corrected chi connectivity index (χ2v) is 7.92. The van der Waals surface area contributed by atoms with Gasteiger partial charge in [0.1, 0.15) is 23.8 Å². The number of rotatable bonds is 7. The summed E-state index contributed by atoms with van der Waals surface area (Å²) >= 11 is 0. The predicted molar refractivity (Wildman–Crippen MR) is 120 cm³/mol. The Hall–Kier alpha value is -3.26. The van der Waals surface area contributed by atoms with E-state index in [4.69, 9.17) is 14.2 Å². The minimum atomic E-state index is -0.767. The fourth-order valence-electron chi connectivity index (χ4n) is 4.18. The third-order valence-electron chi connectivity index (χ3n) is 5.91. The van der Waals surface area contributed by atoms with Crippen LogP contribution in [0.5, 0.6) is 17.2 Å². The van der Waals surface area contributed by atoms with E-state index in [0.29, 0.717) is 43.2 Å². The molecule has 1 saturated heterocycles. The van der Waals surface area contributed by atoms with Gasteiger partial charge >= 0.3 is 0 Å². The van der Waals surface area contributed by atoms with Crippen LogP contribution < -0.4 is 14.2 Å². The number of likely N-dealkylation sites (tertiary alicyclic amines) is 1. The number of ether oxygens (including phenoxy) is 3. The molecular weight excluding hydrogens is 410 g/mol. The summed E-state index contributed by atoms with van der Waals surface area (Å²) in [6.07, 6.45) is -0.253. The number of imidazole rings is 1. The molecule has 1 N–H and O–H groups in total. The van der Waals surface area contributed by atoms with Gasteiger partial charge in [-0.1, -0.05) is 12.1 Å². The van der Waals surface area contributed by atoms with E-state index in [-0.39, 0.29) is 12.5 Å². The molecule has 0 unspecified atom stereocenters. The van der Waals surface area contributed by atoms with Crippen molar-refractivity contribution in [2.24, 2.45) is 0 Å². The van der Waals surface area contributed by atoms with Gasteiger partial charge < -0.3 is 28.8 Å². The highest BCUT2D eigenvalue weighted by Gasteiger charge is 2.31. The summed E-state index contributed by atoms with van der Waals surface area (Å²) in [6, 6.07) is 13.2. The fourth-order valence-corrected chi connectivity index (χ4v) is 4.18. The number of methoxy groups -OCH3 is 2. The van der Waals surface area contributed by atoms with E-state index < -0.39 is 12.2 Å². The first-order valence-corrected chi connectivity index (χ1v) is 10.8. The summed E-state index contributed by atoms with van der Waals surface area (Å²) in [7, 11) is 3.14. The lowest BCUT2D eigenvalue weighted by atomic mass is 10.0. The Morgan fingerprint density at radius 3 is 2.69 bits per heavy atom. The number of β-amino-alcohol motifs (C(OH)–C–C–N with tert-alkyl or cyclic N) is 1. The number of aliphatic hydroxyl groups is 1. The fraction of sp³-hybridized carbons (Fsp3) is 0.417. The Balaban J connectivity index is 1.34. The monoisotopic (exact) mass is 439 g/mol. The number of carbonyl (C=O) groups excluding carboxylic acids is 1. The van der Waals surface area contributed by atoms with Crippen LogP contribution in [0.3, 0.4) is 0 Å². The number of carbonyl (C=O) groups is 1. The summed E-state index contributed by atoms with van der Waals surface area (Å²) in [5, 5.41) is 10.6.